The average molecular weight is 175 g/mol. The highest BCUT2D eigenvalue weighted by Gasteiger charge is 2.41. The topological polar surface area (TPSA) is 30.8 Å². The molecule has 66 valence electrons. The molecule has 1 aromatic rings. The number of para-hydroxylation sites is 1. The van der Waals surface area contributed by atoms with Crippen LogP contribution in [0, 0.1) is 0 Å². The molecule has 1 aromatic carbocycles. The molecule has 13 heavy (non-hydrogen) atoms. The molecule has 0 aliphatic carbocycles. The van der Waals surface area contributed by atoms with Crippen molar-refractivity contribution in [1.82, 2.24) is 0 Å². The molecule has 0 unspecified atom stereocenters. The number of aliphatic imine (C=N–C) groups is 1. The van der Waals surface area contributed by atoms with Crippen molar-refractivity contribution >= 4 is 11.9 Å². The van der Waals surface area contributed by atoms with Crippen LogP contribution in [0.1, 0.15) is 5.56 Å². The van der Waals surface area contributed by atoms with E-state index in [-0.39, 0.29) is 0 Å². The lowest BCUT2D eigenvalue weighted by atomic mass is 10.1. The summed E-state index contributed by atoms with van der Waals surface area (Å²) in [5, 5.41) is 0. The van der Waals surface area contributed by atoms with Gasteiger partial charge < -0.3 is 9.47 Å². The first-order chi connectivity index (χ1) is 6.41. The van der Waals surface area contributed by atoms with Crippen LogP contribution in [0.4, 0.5) is 5.69 Å². The summed E-state index contributed by atoms with van der Waals surface area (Å²) < 4.78 is 11.1. The number of fused-ring (bicyclic) bond motifs is 2. The Morgan fingerprint density at radius 1 is 1.15 bits per heavy atom. The van der Waals surface area contributed by atoms with Crippen LogP contribution in [0.15, 0.2) is 29.3 Å². The Hall–Kier alpha value is -1.19. The highest BCUT2D eigenvalue weighted by Crippen LogP contribution is 2.40. The van der Waals surface area contributed by atoms with Crippen LogP contribution in [0.3, 0.4) is 0 Å². The monoisotopic (exact) mass is 175 g/mol. The Morgan fingerprint density at radius 3 is 2.77 bits per heavy atom. The standard InChI is InChI=1S/C10H9NO2/c1-2-4-9-8(3-1)10(7-11-9)12-5-6-13-10/h1-4,7H,5-6H2. The van der Waals surface area contributed by atoms with Crippen molar-refractivity contribution in [3.8, 4) is 0 Å². The largest absolute Gasteiger partial charge is 0.339 e. The molecule has 1 fully saturated rings. The number of benzene rings is 1. The first-order valence-corrected chi connectivity index (χ1v) is 4.33. The normalized spacial score (nSPS) is 22.5. The number of hydrogen-bond donors (Lipinski definition) is 0. The molecule has 0 atom stereocenters. The number of nitrogens with zero attached hydrogens (tertiary/aromatic N) is 1. The molecule has 3 rings (SSSR count). The van der Waals surface area contributed by atoms with E-state index in [1.807, 2.05) is 24.3 Å². The second-order valence-corrected chi connectivity index (χ2v) is 3.14. The van der Waals surface area contributed by atoms with Gasteiger partial charge in [0.15, 0.2) is 0 Å². The van der Waals surface area contributed by atoms with E-state index in [0.29, 0.717) is 13.2 Å². The highest BCUT2D eigenvalue weighted by molar-refractivity contribution is 5.82. The Labute approximate surface area is 76.0 Å². The van der Waals surface area contributed by atoms with Gasteiger partial charge in [-0.25, -0.2) is 0 Å². The molecule has 0 aromatic heterocycles. The summed E-state index contributed by atoms with van der Waals surface area (Å²) in [7, 11) is 0. The van der Waals surface area contributed by atoms with Crippen LogP contribution in [0.5, 0.6) is 0 Å². The molecule has 0 bridgehead atoms. The lowest BCUT2D eigenvalue weighted by Gasteiger charge is -2.19. The fraction of sp³-hybridized carbons (Fsp3) is 0.300. The molecule has 2 aliphatic heterocycles. The zero-order valence-corrected chi connectivity index (χ0v) is 7.06. The molecule has 0 radical (unpaired) electrons. The van der Waals surface area contributed by atoms with Crippen LogP contribution < -0.4 is 0 Å². The minimum absolute atomic E-state index is 0.639. The third kappa shape index (κ3) is 0.884. The zero-order valence-electron chi connectivity index (χ0n) is 7.06. The van der Waals surface area contributed by atoms with E-state index in [1.165, 1.54) is 0 Å². The van der Waals surface area contributed by atoms with E-state index in [0.717, 1.165) is 11.3 Å². The van der Waals surface area contributed by atoms with Gasteiger partial charge >= 0.3 is 0 Å². The van der Waals surface area contributed by atoms with E-state index in [4.69, 9.17) is 9.47 Å². The van der Waals surface area contributed by atoms with Crippen molar-refractivity contribution in [1.29, 1.82) is 0 Å². The van der Waals surface area contributed by atoms with Crippen LogP contribution >= 0.6 is 0 Å². The van der Waals surface area contributed by atoms with Gasteiger partial charge in [-0.3, -0.25) is 4.99 Å². The van der Waals surface area contributed by atoms with Crippen molar-refractivity contribution in [3.63, 3.8) is 0 Å². The number of ether oxygens (including phenoxy) is 2. The lowest BCUT2D eigenvalue weighted by molar-refractivity contribution is -0.0969. The predicted octanol–water partition coefficient (Wildman–Crippen LogP) is 1.60. The molecule has 3 nitrogen and oxygen atoms in total. The molecule has 0 amide bonds. The molecule has 1 spiro atoms. The minimum Gasteiger partial charge on any atom is -0.339 e. The smallest absolute Gasteiger partial charge is 0.235 e. The van der Waals surface area contributed by atoms with Crippen LogP contribution in [-0.2, 0) is 15.3 Å². The van der Waals surface area contributed by atoms with E-state index in [2.05, 4.69) is 4.99 Å². The van der Waals surface area contributed by atoms with Gasteiger partial charge in [0.05, 0.1) is 25.1 Å². The van der Waals surface area contributed by atoms with Crippen LogP contribution in [0.25, 0.3) is 0 Å². The summed E-state index contributed by atoms with van der Waals surface area (Å²) in [4.78, 5) is 4.26. The molecular formula is C10H9NO2. The van der Waals surface area contributed by atoms with Crippen LogP contribution in [-0.4, -0.2) is 19.4 Å². The van der Waals surface area contributed by atoms with Crippen molar-refractivity contribution in [2.75, 3.05) is 13.2 Å². The Balaban J connectivity index is 2.16. The SMILES string of the molecule is C1=Nc2ccccc2C12OCCO2. The molecule has 2 heterocycles. The maximum absolute atomic E-state index is 5.56. The van der Waals surface area contributed by atoms with Crippen molar-refractivity contribution in [2.24, 2.45) is 4.99 Å². The molecule has 2 aliphatic rings. The van der Waals surface area contributed by atoms with Gasteiger partial charge in [0.25, 0.3) is 0 Å². The third-order valence-electron chi connectivity index (χ3n) is 2.37. The Morgan fingerprint density at radius 2 is 1.92 bits per heavy atom. The summed E-state index contributed by atoms with van der Waals surface area (Å²) >= 11 is 0. The molecule has 1 saturated heterocycles. The fourth-order valence-corrected chi connectivity index (χ4v) is 1.76. The molecular weight excluding hydrogens is 166 g/mol. The summed E-state index contributed by atoms with van der Waals surface area (Å²) in [5.74, 6) is -0.670. The van der Waals surface area contributed by atoms with Gasteiger partial charge in [0.1, 0.15) is 0 Å². The molecule has 0 saturated carbocycles. The maximum Gasteiger partial charge on any atom is 0.235 e. The Bertz CT molecular complexity index is 367. The van der Waals surface area contributed by atoms with Gasteiger partial charge in [-0.2, -0.15) is 0 Å². The van der Waals surface area contributed by atoms with Crippen molar-refractivity contribution in [2.45, 2.75) is 5.79 Å². The highest BCUT2D eigenvalue weighted by atomic mass is 16.7. The zero-order chi connectivity index (χ0) is 8.73. The summed E-state index contributed by atoms with van der Waals surface area (Å²) in [6.45, 7) is 1.28. The van der Waals surface area contributed by atoms with E-state index in [9.17, 15) is 0 Å². The van der Waals surface area contributed by atoms with Gasteiger partial charge in [0, 0.05) is 5.56 Å². The second kappa shape index (κ2) is 2.40. The summed E-state index contributed by atoms with van der Waals surface area (Å²) in [6.07, 6.45) is 1.74. The van der Waals surface area contributed by atoms with E-state index < -0.39 is 5.79 Å². The predicted molar refractivity (Wildman–Crippen MR) is 48.2 cm³/mol. The lowest BCUT2D eigenvalue weighted by Crippen LogP contribution is -2.25. The van der Waals surface area contributed by atoms with E-state index in [1.54, 1.807) is 6.21 Å². The minimum atomic E-state index is -0.670. The van der Waals surface area contributed by atoms with E-state index >= 15 is 0 Å². The third-order valence-corrected chi connectivity index (χ3v) is 2.37. The van der Waals surface area contributed by atoms with Gasteiger partial charge in [-0.05, 0) is 6.07 Å². The van der Waals surface area contributed by atoms with Crippen molar-refractivity contribution in [3.05, 3.63) is 29.8 Å². The van der Waals surface area contributed by atoms with Gasteiger partial charge in [-0.15, -0.1) is 0 Å². The summed E-state index contributed by atoms with van der Waals surface area (Å²) in [5.41, 5.74) is 1.97. The Kier molecular flexibility index (Phi) is 1.34. The van der Waals surface area contributed by atoms with Crippen molar-refractivity contribution < 1.29 is 9.47 Å². The van der Waals surface area contributed by atoms with Gasteiger partial charge in [0.2, 0.25) is 5.79 Å². The number of hydrogen-bond acceptors (Lipinski definition) is 3. The first kappa shape index (κ1) is 7.24. The fourth-order valence-electron chi connectivity index (χ4n) is 1.76. The van der Waals surface area contributed by atoms with Gasteiger partial charge in [-0.1, -0.05) is 18.2 Å². The first-order valence-electron chi connectivity index (χ1n) is 4.33. The van der Waals surface area contributed by atoms with Crippen LogP contribution in [0.2, 0.25) is 0 Å². The summed E-state index contributed by atoms with van der Waals surface area (Å²) in [6, 6.07) is 7.89. The maximum atomic E-state index is 5.56. The molecule has 0 N–H and O–H groups in total. The quantitative estimate of drug-likeness (QED) is 0.599. The number of rotatable bonds is 0. The second-order valence-electron chi connectivity index (χ2n) is 3.14. The average Bonchev–Trinajstić information content (AvgIpc) is 2.78. The molecule has 3 heteroatoms.